The molecule has 0 bridgehead atoms. The number of ether oxygens (including phenoxy) is 1. The van der Waals surface area contributed by atoms with Crippen LogP contribution in [0, 0.1) is 0 Å². The van der Waals surface area contributed by atoms with Gasteiger partial charge in [-0.15, -0.1) is 0 Å². The third-order valence-electron chi connectivity index (χ3n) is 4.09. The molecule has 5 heteroatoms. The van der Waals surface area contributed by atoms with Crippen LogP contribution in [0.1, 0.15) is 31.4 Å². The van der Waals surface area contributed by atoms with Crippen molar-refractivity contribution in [2.75, 3.05) is 26.7 Å². The molecule has 1 aliphatic rings. The summed E-state index contributed by atoms with van der Waals surface area (Å²) in [7, 11) is 1.56. The van der Waals surface area contributed by atoms with E-state index in [4.69, 9.17) is 4.74 Å². The second-order valence-electron chi connectivity index (χ2n) is 6.20. The zero-order valence-corrected chi connectivity index (χ0v) is 13.9. The van der Waals surface area contributed by atoms with Crippen molar-refractivity contribution in [1.29, 1.82) is 0 Å². The molecular formula is C18H26N2O3. The lowest BCUT2D eigenvalue weighted by molar-refractivity contribution is -0.130. The van der Waals surface area contributed by atoms with Gasteiger partial charge in [0, 0.05) is 25.7 Å². The number of piperidine rings is 1. The quantitative estimate of drug-likeness (QED) is 0.786. The molecule has 1 atom stereocenters. The minimum absolute atomic E-state index is 0.115. The number of amides is 1. The number of hydrogen-bond acceptors (Lipinski definition) is 4. The maximum absolute atomic E-state index is 12.2. The molecule has 1 fully saturated rings. The second-order valence-corrected chi connectivity index (χ2v) is 6.20. The molecule has 2 rings (SSSR count). The van der Waals surface area contributed by atoms with Crippen molar-refractivity contribution in [2.45, 2.75) is 31.9 Å². The second kappa shape index (κ2) is 8.13. The number of hydrogen-bond donors (Lipinski definition) is 2. The molecule has 1 heterocycles. The maximum Gasteiger partial charge on any atom is 0.253 e. The highest BCUT2D eigenvalue weighted by Crippen LogP contribution is 2.20. The molecule has 0 radical (unpaired) electrons. The van der Waals surface area contributed by atoms with E-state index >= 15 is 0 Å². The summed E-state index contributed by atoms with van der Waals surface area (Å²) in [4.78, 5) is 14.6. The summed E-state index contributed by atoms with van der Waals surface area (Å²) in [6.45, 7) is 8.74. The largest absolute Gasteiger partial charge is 0.497 e. The van der Waals surface area contributed by atoms with Gasteiger partial charge >= 0.3 is 0 Å². The summed E-state index contributed by atoms with van der Waals surface area (Å²) in [5.74, 6) is 0.277. The van der Waals surface area contributed by atoms with E-state index in [1.165, 1.54) is 0 Å². The standard InChI is InChI=1S/C18H26N2O3/c1-13(2)12-20-9-7-15(8-10-20)19-18(22)17(21)14-5-4-6-16(11-14)23-3/h4-6,11,15,17,21H,1,7-10,12H2,2-3H3,(H,19,22). The number of benzene rings is 1. The maximum atomic E-state index is 12.2. The van der Waals surface area contributed by atoms with Crippen LogP contribution in [0.4, 0.5) is 0 Å². The first kappa shape index (κ1) is 17.5. The van der Waals surface area contributed by atoms with E-state index in [1.807, 2.05) is 6.92 Å². The lowest BCUT2D eigenvalue weighted by Crippen LogP contribution is -2.46. The molecule has 23 heavy (non-hydrogen) atoms. The molecule has 1 aromatic rings. The smallest absolute Gasteiger partial charge is 0.253 e. The molecule has 1 amide bonds. The van der Waals surface area contributed by atoms with Crippen molar-refractivity contribution in [2.24, 2.45) is 0 Å². The summed E-state index contributed by atoms with van der Waals surface area (Å²) in [5, 5.41) is 13.2. The van der Waals surface area contributed by atoms with Crippen molar-refractivity contribution in [3.63, 3.8) is 0 Å². The summed E-state index contributed by atoms with van der Waals surface area (Å²) in [6.07, 6.45) is 0.617. The van der Waals surface area contributed by atoms with Gasteiger partial charge in [-0.1, -0.05) is 24.3 Å². The zero-order chi connectivity index (χ0) is 16.8. The monoisotopic (exact) mass is 318 g/mol. The van der Waals surface area contributed by atoms with Crippen LogP contribution in [0.3, 0.4) is 0 Å². The van der Waals surface area contributed by atoms with Gasteiger partial charge in [-0.25, -0.2) is 0 Å². The fraction of sp³-hybridized carbons (Fsp3) is 0.500. The van der Waals surface area contributed by atoms with E-state index in [0.717, 1.165) is 38.0 Å². The van der Waals surface area contributed by atoms with Crippen molar-refractivity contribution in [3.05, 3.63) is 42.0 Å². The molecule has 126 valence electrons. The highest BCUT2D eigenvalue weighted by atomic mass is 16.5. The Morgan fingerprint density at radius 2 is 2.17 bits per heavy atom. The highest BCUT2D eigenvalue weighted by molar-refractivity contribution is 5.82. The molecule has 1 aromatic carbocycles. The minimum atomic E-state index is -1.17. The Labute approximate surface area is 137 Å². The fourth-order valence-corrected chi connectivity index (χ4v) is 2.86. The molecule has 0 aromatic heterocycles. The van der Waals surface area contributed by atoms with Crippen LogP contribution in [-0.2, 0) is 4.79 Å². The molecule has 0 aliphatic carbocycles. The first-order valence-corrected chi connectivity index (χ1v) is 7.98. The predicted molar refractivity (Wildman–Crippen MR) is 90.4 cm³/mol. The van der Waals surface area contributed by atoms with E-state index < -0.39 is 6.10 Å². The first-order chi connectivity index (χ1) is 11.0. The van der Waals surface area contributed by atoms with Crippen molar-refractivity contribution < 1.29 is 14.6 Å². The first-order valence-electron chi connectivity index (χ1n) is 7.98. The average Bonchev–Trinajstić information content (AvgIpc) is 2.55. The SMILES string of the molecule is C=C(C)CN1CCC(NC(=O)C(O)c2cccc(OC)c2)CC1. The molecule has 0 spiro atoms. The lowest BCUT2D eigenvalue weighted by Gasteiger charge is -2.32. The number of aliphatic hydroxyl groups excluding tert-OH is 1. The van der Waals surface area contributed by atoms with Crippen LogP contribution in [0.2, 0.25) is 0 Å². The van der Waals surface area contributed by atoms with Gasteiger partial charge in [0.1, 0.15) is 5.75 Å². The Morgan fingerprint density at radius 3 is 2.78 bits per heavy atom. The van der Waals surface area contributed by atoms with E-state index in [1.54, 1.807) is 31.4 Å². The van der Waals surface area contributed by atoms with E-state index in [-0.39, 0.29) is 11.9 Å². The highest BCUT2D eigenvalue weighted by Gasteiger charge is 2.24. The van der Waals surface area contributed by atoms with Crippen LogP contribution >= 0.6 is 0 Å². The third kappa shape index (κ3) is 5.08. The van der Waals surface area contributed by atoms with Crippen LogP contribution in [0.5, 0.6) is 5.75 Å². The summed E-state index contributed by atoms with van der Waals surface area (Å²) in [5.41, 5.74) is 1.70. The Morgan fingerprint density at radius 1 is 1.48 bits per heavy atom. The van der Waals surface area contributed by atoms with Gasteiger partial charge in [-0.3, -0.25) is 9.69 Å². The Balaban J connectivity index is 1.86. The van der Waals surface area contributed by atoms with Crippen molar-refractivity contribution >= 4 is 5.91 Å². The minimum Gasteiger partial charge on any atom is -0.497 e. The normalized spacial score (nSPS) is 17.5. The molecule has 1 unspecified atom stereocenters. The number of nitrogens with zero attached hydrogens (tertiary/aromatic N) is 1. The average molecular weight is 318 g/mol. The molecule has 1 saturated heterocycles. The summed E-state index contributed by atoms with van der Waals surface area (Å²) >= 11 is 0. The molecule has 1 aliphatic heterocycles. The summed E-state index contributed by atoms with van der Waals surface area (Å²) in [6, 6.07) is 7.07. The molecule has 5 nitrogen and oxygen atoms in total. The Kier molecular flexibility index (Phi) is 6.19. The predicted octanol–water partition coefficient (Wildman–Crippen LogP) is 1.89. The van der Waals surface area contributed by atoms with Crippen molar-refractivity contribution in [3.8, 4) is 5.75 Å². The number of nitrogens with one attached hydrogen (secondary N) is 1. The zero-order valence-electron chi connectivity index (χ0n) is 13.9. The van der Waals surface area contributed by atoms with E-state index in [0.29, 0.717) is 11.3 Å². The number of carbonyl (C=O) groups excluding carboxylic acids is 1. The molecule has 2 N–H and O–H groups in total. The van der Waals surface area contributed by atoms with Crippen LogP contribution < -0.4 is 10.1 Å². The van der Waals surface area contributed by atoms with Gasteiger partial charge in [0.25, 0.3) is 5.91 Å². The molecule has 0 saturated carbocycles. The Bertz CT molecular complexity index is 551. The van der Waals surface area contributed by atoms with Gasteiger partial charge in [-0.05, 0) is 37.5 Å². The van der Waals surface area contributed by atoms with Crippen molar-refractivity contribution in [1.82, 2.24) is 10.2 Å². The van der Waals surface area contributed by atoms with Crippen LogP contribution in [0.15, 0.2) is 36.4 Å². The van der Waals surface area contributed by atoms with Gasteiger partial charge < -0.3 is 15.2 Å². The van der Waals surface area contributed by atoms with Gasteiger partial charge in [0.15, 0.2) is 6.10 Å². The summed E-state index contributed by atoms with van der Waals surface area (Å²) < 4.78 is 5.12. The molecular weight excluding hydrogens is 292 g/mol. The lowest BCUT2D eigenvalue weighted by atomic mass is 10.0. The van der Waals surface area contributed by atoms with Gasteiger partial charge in [-0.2, -0.15) is 0 Å². The number of rotatable bonds is 6. The van der Waals surface area contributed by atoms with Crippen LogP contribution in [0.25, 0.3) is 0 Å². The van der Waals surface area contributed by atoms with E-state index in [2.05, 4.69) is 16.8 Å². The fourth-order valence-electron chi connectivity index (χ4n) is 2.86. The van der Waals surface area contributed by atoms with Gasteiger partial charge in [0.05, 0.1) is 7.11 Å². The van der Waals surface area contributed by atoms with Crippen LogP contribution in [-0.4, -0.2) is 48.7 Å². The number of methoxy groups -OCH3 is 1. The van der Waals surface area contributed by atoms with Gasteiger partial charge in [0.2, 0.25) is 0 Å². The van der Waals surface area contributed by atoms with E-state index in [9.17, 15) is 9.90 Å². The Hall–Kier alpha value is -1.85. The number of carbonyl (C=O) groups is 1. The number of aliphatic hydroxyl groups is 1. The third-order valence-corrected chi connectivity index (χ3v) is 4.09. The topological polar surface area (TPSA) is 61.8 Å². The number of likely N-dealkylation sites (tertiary alicyclic amines) is 1.